The lowest BCUT2D eigenvalue weighted by Crippen LogP contribution is -2.47. The lowest BCUT2D eigenvalue weighted by Gasteiger charge is -2.30. The number of rotatable bonds is 59. The third-order valence-corrected chi connectivity index (χ3v) is 15.7. The summed E-state index contributed by atoms with van der Waals surface area (Å²) in [6.07, 6.45) is 61.9. The molecule has 0 spiro atoms. The molecule has 0 aliphatic rings. The van der Waals surface area contributed by atoms with Crippen LogP contribution in [0.4, 0.5) is 0 Å². The van der Waals surface area contributed by atoms with Crippen LogP contribution in [0.3, 0.4) is 0 Å². The lowest BCUT2D eigenvalue weighted by atomic mass is 10.0. The molecule has 10 heteroatoms. The zero-order chi connectivity index (χ0) is 53.6. The van der Waals surface area contributed by atoms with Crippen LogP contribution in [0, 0.1) is 0 Å². The van der Waals surface area contributed by atoms with Gasteiger partial charge in [-0.15, -0.1) is 0 Å². The molecule has 0 heterocycles. The molecule has 0 aromatic heterocycles. The quantitative estimate of drug-likeness (QED) is 0.0212. The van der Waals surface area contributed by atoms with Crippen LogP contribution in [0.2, 0.25) is 0 Å². The number of amides is 1. The normalized spacial score (nSPS) is 13.7. The van der Waals surface area contributed by atoms with Gasteiger partial charge in [0.25, 0.3) is 7.82 Å². The van der Waals surface area contributed by atoms with Crippen LogP contribution in [-0.2, 0) is 27.9 Å². The fraction of sp³-hybridized carbons (Fsp3) is 0.937. The predicted molar refractivity (Wildman–Crippen MR) is 312 cm³/mol. The molecule has 434 valence electrons. The van der Waals surface area contributed by atoms with Crippen LogP contribution in [0.25, 0.3) is 0 Å². The van der Waals surface area contributed by atoms with Crippen LogP contribution < -0.4 is 10.2 Å². The van der Waals surface area contributed by atoms with Gasteiger partial charge >= 0.3 is 5.97 Å². The van der Waals surface area contributed by atoms with Crippen molar-refractivity contribution in [3.8, 4) is 0 Å². The number of hydrogen-bond donors (Lipinski definition) is 1. The minimum Gasteiger partial charge on any atom is -0.756 e. The fourth-order valence-electron chi connectivity index (χ4n) is 9.76. The van der Waals surface area contributed by atoms with E-state index in [-0.39, 0.29) is 31.5 Å². The van der Waals surface area contributed by atoms with Gasteiger partial charge in [0.15, 0.2) is 0 Å². The number of hydrogen-bond acceptors (Lipinski definition) is 7. The van der Waals surface area contributed by atoms with Gasteiger partial charge in [0, 0.05) is 12.8 Å². The Morgan fingerprint density at radius 1 is 0.466 bits per heavy atom. The summed E-state index contributed by atoms with van der Waals surface area (Å²) in [4.78, 5) is 39.9. The second-order valence-electron chi connectivity index (χ2n) is 23.3. The largest absolute Gasteiger partial charge is 0.756 e. The van der Waals surface area contributed by atoms with Gasteiger partial charge in [0.2, 0.25) is 5.91 Å². The van der Waals surface area contributed by atoms with Crippen LogP contribution in [-0.4, -0.2) is 69.4 Å². The van der Waals surface area contributed by atoms with Crippen molar-refractivity contribution < 1.29 is 37.3 Å². The molecule has 0 aromatic rings. The Morgan fingerprint density at radius 2 is 0.781 bits per heavy atom. The average molecular weight is 1050 g/mol. The number of quaternary nitrogens is 1. The van der Waals surface area contributed by atoms with E-state index in [1.165, 1.54) is 238 Å². The number of allylic oxidation sites excluding steroid dienone is 1. The maximum absolute atomic E-state index is 13.5. The molecular formula is C63H125N2O7P. The van der Waals surface area contributed by atoms with Crippen molar-refractivity contribution in [3.05, 3.63) is 12.2 Å². The van der Waals surface area contributed by atoms with Gasteiger partial charge < -0.3 is 28.5 Å². The monoisotopic (exact) mass is 1050 g/mol. The maximum Gasteiger partial charge on any atom is 0.306 e. The van der Waals surface area contributed by atoms with E-state index in [9.17, 15) is 19.0 Å². The summed E-state index contributed by atoms with van der Waals surface area (Å²) in [5.74, 6) is -0.520. The molecule has 1 amide bonds. The Labute approximate surface area is 454 Å². The van der Waals surface area contributed by atoms with E-state index in [4.69, 9.17) is 13.8 Å². The summed E-state index contributed by atoms with van der Waals surface area (Å²) in [6.45, 7) is 6.89. The molecule has 73 heavy (non-hydrogen) atoms. The number of ether oxygens (including phenoxy) is 1. The van der Waals surface area contributed by atoms with Crippen molar-refractivity contribution in [2.45, 2.75) is 341 Å². The van der Waals surface area contributed by atoms with Crippen LogP contribution in [0.5, 0.6) is 0 Å². The molecule has 0 radical (unpaired) electrons. The van der Waals surface area contributed by atoms with E-state index in [2.05, 4.69) is 26.1 Å². The van der Waals surface area contributed by atoms with Crippen molar-refractivity contribution in [2.24, 2.45) is 0 Å². The highest BCUT2D eigenvalue weighted by Crippen LogP contribution is 2.38. The van der Waals surface area contributed by atoms with Gasteiger partial charge in [0.05, 0.1) is 33.8 Å². The second kappa shape index (κ2) is 54.1. The summed E-state index contributed by atoms with van der Waals surface area (Å²) in [7, 11) is 1.21. The van der Waals surface area contributed by atoms with E-state index in [1.807, 2.05) is 33.3 Å². The maximum atomic E-state index is 13.5. The zero-order valence-corrected chi connectivity index (χ0v) is 50.5. The average Bonchev–Trinajstić information content (AvgIpc) is 3.35. The summed E-state index contributed by atoms with van der Waals surface area (Å²) in [5.41, 5.74) is 0. The highest BCUT2D eigenvalue weighted by molar-refractivity contribution is 7.45. The molecule has 0 saturated heterocycles. The van der Waals surface area contributed by atoms with Crippen LogP contribution in [0.15, 0.2) is 12.2 Å². The first-order valence-corrected chi connectivity index (χ1v) is 33.5. The molecule has 0 saturated carbocycles. The van der Waals surface area contributed by atoms with E-state index < -0.39 is 20.0 Å². The summed E-state index contributed by atoms with van der Waals surface area (Å²) in [5, 5.41) is 3.04. The number of esters is 1. The Balaban J connectivity index is 5.04. The second-order valence-corrected chi connectivity index (χ2v) is 24.7. The number of carbonyl (C=O) groups is 2. The summed E-state index contributed by atoms with van der Waals surface area (Å²) in [6, 6.07) is -0.878. The number of unbranched alkanes of at least 4 members (excludes halogenated alkanes) is 43. The smallest absolute Gasteiger partial charge is 0.306 e. The Morgan fingerprint density at radius 3 is 1.12 bits per heavy atom. The minimum absolute atomic E-state index is 0.0168. The minimum atomic E-state index is -4.69. The number of phosphoric acid groups is 1. The summed E-state index contributed by atoms with van der Waals surface area (Å²) < 4.78 is 30.3. The molecule has 9 nitrogen and oxygen atoms in total. The fourth-order valence-corrected chi connectivity index (χ4v) is 10.5. The molecule has 0 bridgehead atoms. The van der Waals surface area contributed by atoms with Crippen LogP contribution >= 0.6 is 7.82 Å². The van der Waals surface area contributed by atoms with Crippen LogP contribution in [0.1, 0.15) is 329 Å². The number of likely N-dealkylation sites (N-methyl/N-ethyl adjacent to an activating group) is 1. The number of carbonyl (C=O) groups excluding carboxylic acids is 2. The molecule has 0 rings (SSSR count). The van der Waals surface area contributed by atoms with Crippen molar-refractivity contribution in [1.29, 1.82) is 0 Å². The Hall–Kier alpha value is -1.25. The van der Waals surface area contributed by atoms with Gasteiger partial charge in [0.1, 0.15) is 19.3 Å². The Kier molecular flexibility index (Phi) is 53.2. The molecule has 3 unspecified atom stereocenters. The first-order valence-electron chi connectivity index (χ1n) is 32.0. The molecular weight excluding hydrogens is 928 g/mol. The van der Waals surface area contributed by atoms with Gasteiger partial charge in [-0.25, -0.2) is 0 Å². The van der Waals surface area contributed by atoms with E-state index in [0.717, 1.165) is 57.8 Å². The predicted octanol–water partition coefficient (Wildman–Crippen LogP) is 18.9. The molecule has 0 fully saturated rings. The lowest BCUT2D eigenvalue weighted by molar-refractivity contribution is -0.870. The van der Waals surface area contributed by atoms with Crippen molar-refractivity contribution >= 4 is 19.7 Å². The van der Waals surface area contributed by atoms with Crippen molar-refractivity contribution in [3.63, 3.8) is 0 Å². The van der Waals surface area contributed by atoms with Gasteiger partial charge in [-0.2, -0.15) is 0 Å². The standard InChI is InChI=1S/C63H125N2O7P/c1-7-10-13-16-19-22-25-27-28-29-30-31-32-33-34-35-36-38-40-43-46-49-52-55-62(66)64-60(59-71-73(68,69)70-58-57-65(4,5)6)61(54-51-48-45-42-39-24-21-18-15-12-9-3)72-63(67)56-53-50-47-44-41-37-26-23-20-17-14-11-8-2/h51,54,60-61H,7-50,52-53,55-59H2,1-6H3,(H-,64,66,68,69)/b54-51-. The first kappa shape index (κ1) is 71.8. The van der Waals surface area contributed by atoms with Crippen molar-refractivity contribution in [2.75, 3.05) is 40.9 Å². The molecule has 0 aliphatic carbocycles. The zero-order valence-electron chi connectivity index (χ0n) is 49.6. The SMILES string of the molecule is CCCCCCCCCCC/C=C\C(OC(=O)CCCCCCCCCCCCCCC)C(COP(=O)([O-])OCC[N+](C)(C)C)NC(=O)CCCCCCCCCCCCCCCCCCCCCCCCC. The molecule has 0 aliphatic heterocycles. The topological polar surface area (TPSA) is 114 Å². The number of nitrogens with one attached hydrogen (secondary N) is 1. The van der Waals surface area contributed by atoms with E-state index >= 15 is 0 Å². The van der Waals surface area contributed by atoms with E-state index in [1.54, 1.807) is 0 Å². The van der Waals surface area contributed by atoms with E-state index in [0.29, 0.717) is 17.4 Å². The third kappa shape index (κ3) is 55.3. The highest BCUT2D eigenvalue weighted by atomic mass is 31.2. The van der Waals surface area contributed by atoms with Gasteiger partial charge in [-0.3, -0.25) is 14.2 Å². The molecule has 3 atom stereocenters. The number of nitrogens with zero attached hydrogens (tertiary/aromatic N) is 1. The highest BCUT2D eigenvalue weighted by Gasteiger charge is 2.27. The first-order chi connectivity index (χ1) is 35.4. The van der Waals surface area contributed by atoms with Gasteiger partial charge in [-0.05, 0) is 31.8 Å². The molecule has 1 N–H and O–H groups in total. The molecule has 0 aromatic carbocycles. The van der Waals surface area contributed by atoms with Gasteiger partial charge in [-0.1, -0.05) is 297 Å². The Bertz CT molecular complexity index is 1260. The van der Waals surface area contributed by atoms with Crippen molar-refractivity contribution in [1.82, 2.24) is 5.32 Å². The number of phosphoric ester groups is 1. The third-order valence-electron chi connectivity index (χ3n) is 14.7. The summed E-state index contributed by atoms with van der Waals surface area (Å²) >= 11 is 0.